The zero-order valence-electron chi connectivity index (χ0n) is 17.5. The van der Waals surface area contributed by atoms with Crippen molar-refractivity contribution < 1.29 is 9.53 Å². The number of hydrogen-bond donors (Lipinski definition) is 3. The van der Waals surface area contributed by atoms with Crippen molar-refractivity contribution in [2.45, 2.75) is 39.0 Å². The van der Waals surface area contributed by atoms with Crippen LogP contribution in [0.2, 0.25) is 0 Å². The molecule has 0 radical (unpaired) electrons. The first-order valence-electron chi connectivity index (χ1n) is 10.3. The molecule has 30 heavy (non-hydrogen) atoms. The smallest absolute Gasteiger partial charge is 0.227 e. The number of nitrogens with zero attached hydrogens (tertiary/aromatic N) is 2. The Kier molecular flexibility index (Phi) is 5.81. The highest BCUT2D eigenvalue weighted by Crippen LogP contribution is 2.29. The van der Waals surface area contributed by atoms with Crippen LogP contribution in [0.25, 0.3) is 10.9 Å². The van der Waals surface area contributed by atoms with Crippen molar-refractivity contribution in [3.63, 3.8) is 0 Å². The van der Waals surface area contributed by atoms with Crippen LogP contribution in [0.3, 0.4) is 0 Å². The summed E-state index contributed by atoms with van der Waals surface area (Å²) < 4.78 is 5.30. The van der Waals surface area contributed by atoms with Gasteiger partial charge in [-0.2, -0.15) is 0 Å². The Bertz CT molecular complexity index is 1040. The van der Waals surface area contributed by atoms with Crippen LogP contribution in [0.1, 0.15) is 37.1 Å². The van der Waals surface area contributed by atoms with Gasteiger partial charge in [-0.15, -0.1) is 0 Å². The molecule has 3 N–H and O–H groups in total. The van der Waals surface area contributed by atoms with E-state index < -0.39 is 6.29 Å². The van der Waals surface area contributed by atoms with Gasteiger partial charge in [0.2, 0.25) is 11.9 Å². The predicted octanol–water partition coefficient (Wildman–Crippen LogP) is 3.52. The third-order valence-corrected chi connectivity index (χ3v) is 5.50. The van der Waals surface area contributed by atoms with Crippen LogP contribution in [0.4, 0.5) is 5.95 Å². The van der Waals surface area contributed by atoms with E-state index in [1.165, 1.54) is 0 Å². The fourth-order valence-corrected chi connectivity index (χ4v) is 3.99. The Morgan fingerprint density at radius 2 is 1.93 bits per heavy atom. The molecule has 1 fully saturated rings. The number of rotatable bonds is 6. The van der Waals surface area contributed by atoms with Gasteiger partial charge in [0.25, 0.3) is 0 Å². The molecule has 0 aliphatic carbocycles. The number of aromatic nitrogens is 2. The molecule has 7 nitrogen and oxygen atoms in total. The van der Waals surface area contributed by atoms with Crippen molar-refractivity contribution in [2.24, 2.45) is 5.92 Å². The summed E-state index contributed by atoms with van der Waals surface area (Å²) in [5, 5.41) is 10.7. The minimum Gasteiger partial charge on any atom is -0.497 e. The minimum absolute atomic E-state index is 0.0317. The summed E-state index contributed by atoms with van der Waals surface area (Å²) in [5.41, 5.74) is 2.75. The number of nitrogens with one attached hydrogen (secondary N) is 3. The maximum atomic E-state index is 12.9. The van der Waals surface area contributed by atoms with E-state index in [-0.39, 0.29) is 17.9 Å². The molecule has 0 bridgehead atoms. The average Bonchev–Trinajstić information content (AvgIpc) is 2.76. The van der Waals surface area contributed by atoms with E-state index in [4.69, 9.17) is 4.74 Å². The zero-order valence-corrected chi connectivity index (χ0v) is 17.5. The Labute approximate surface area is 176 Å². The third kappa shape index (κ3) is 4.07. The fourth-order valence-electron chi connectivity index (χ4n) is 3.99. The Morgan fingerprint density at radius 1 is 1.13 bits per heavy atom. The second-order valence-electron chi connectivity index (χ2n) is 7.55. The third-order valence-electron chi connectivity index (χ3n) is 5.50. The first kappa shape index (κ1) is 20.1. The maximum Gasteiger partial charge on any atom is 0.227 e. The average molecular weight is 406 g/mol. The quantitative estimate of drug-likeness (QED) is 0.582. The van der Waals surface area contributed by atoms with Gasteiger partial charge in [0.05, 0.1) is 24.2 Å². The zero-order chi connectivity index (χ0) is 21.1. The molecule has 1 aliphatic rings. The molecule has 4 rings (SSSR count). The summed E-state index contributed by atoms with van der Waals surface area (Å²) in [7, 11) is 1.64. The summed E-state index contributed by atoms with van der Waals surface area (Å²) in [5.74, 6) is 1.14. The number of amides is 1. The first-order chi connectivity index (χ1) is 14.6. The van der Waals surface area contributed by atoms with Gasteiger partial charge in [0.1, 0.15) is 5.75 Å². The summed E-state index contributed by atoms with van der Waals surface area (Å²) in [6.45, 7) is 4.03. The van der Waals surface area contributed by atoms with Crippen LogP contribution in [0.5, 0.6) is 5.75 Å². The molecule has 0 saturated carbocycles. The highest BCUT2D eigenvalue weighted by molar-refractivity contribution is 5.83. The SMILES string of the molecule is CCCC1C(=O)NC(Nc2nc(C)c3cc(OC)ccc3n2)NC1c1ccccc1. The van der Waals surface area contributed by atoms with Crippen LogP contribution in [0, 0.1) is 12.8 Å². The Hall–Kier alpha value is -3.19. The lowest BCUT2D eigenvalue weighted by Gasteiger charge is -2.38. The topological polar surface area (TPSA) is 88.2 Å². The molecule has 1 aliphatic heterocycles. The molecule has 1 aromatic heterocycles. The van der Waals surface area contributed by atoms with E-state index >= 15 is 0 Å². The normalized spacial score (nSPS) is 21.3. The second-order valence-corrected chi connectivity index (χ2v) is 7.55. The van der Waals surface area contributed by atoms with Gasteiger partial charge in [-0.3, -0.25) is 10.1 Å². The number of carbonyl (C=O) groups excluding carboxylic acids is 1. The molecule has 2 heterocycles. The van der Waals surface area contributed by atoms with E-state index in [2.05, 4.69) is 45.0 Å². The molecule has 3 atom stereocenters. The minimum atomic E-state index is -0.467. The summed E-state index contributed by atoms with van der Waals surface area (Å²) in [6, 6.07) is 15.7. The number of ether oxygens (including phenoxy) is 1. The van der Waals surface area contributed by atoms with Crippen LogP contribution < -0.4 is 20.7 Å². The molecule has 156 valence electrons. The molecule has 1 amide bonds. The molecule has 1 saturated heterocycles. The van der Waals surface area contributed by atoms with Crippen molar-refractivity contribution in [1.82, 2.24) is 20.6 Å². The summed E-state index contributed by atoms with van der Waals surface area (Å²) in [6.07, 6.45) is 1.29. The highest BCUT2D eigenvalue weighted by Gasteiger charge is 2.36. The first-order valence-corrected chi connectivity index (χ1v) is 10.3. The Balaban J connectivity index is 1.59. The van der Waals surface area contributed by atoms with E-state index in [0.717, 1.165) is 40.8 Å². The molecular formula is C23H27N5O2. The lowest BCUT2D eigenvalue weighted by atomic mass is 9.87. The number of carbonyl (C=O) groups is 1. The van der Waals surface area contributed by atoms with Gasteiger partial charge in [-0.25, -0.2) is 9.97 Å². The van der Waals surface area contributed by atoms with Gasteiger partial charge >= 0.3 is 0 Å². The molecule has 3 aromatic rings. The number of fused-ring (bicyclic) bond motifs is 1. The van der Waals surface area contributed by atoms with Crippen molar-refractivity contribution in [1.29, 1.82) is 0 Å². The van der Waals surface area contributed by atoms with E-state index in [1.807, 2.05) is 43.3 Å². The fraction of sp³-hybridized carbons (Fsp3) is 0.348. The highest BCUT2D eigenvalue weighted by atomic mass is 16.5. The Morgan fingerprint density at radius 3 is 2.67 bits per heavy atom. The summed E-state index contributed by atoms with van der Waals surface area (Å²) >= 11 is 0. The number of methoxy groups -OCH3 is 1. The van der Waals surface area contributed by atoms with Gasteiger partial charge in [0, 0.05) is 11.4 Å². The predicted molar refractivity (Wildman–Crippen MR) is 117 cm³/mol. The van der Waals surface area contributed by atoms with Crippen LogP contribution >= 0.6 is 0 Å². The lowest BCUT2D eigenvalue weighted by Crippen LogP contribution is -2.60. The molecule has 7 heteroatoms. The van der Waals surface area contributed by atoms with Crippen molar-refractivity contribution in [2.75, 3.05) is 12.4 Å². The van der Waals surface area contributed by atoms with Gasteiger partial charge in [-0.05, 0) is 37.1 Å². The standard InChI is InChI=1S/C23H27N5O2/c1-4-8-17-20(15-9-6-5-7-10-15)26-23(27-21(17)29)28-22-24-14(2)18-13-16(30-3)11-12-19(18)25-22/h5-7,9-13,17,20,23,26H,4,8H2,1-3H3,(H,27,29)(H,24,25,28). The summed E-state index contributed by atoms with van der Waals surface area (Å²) in [4.78, 5) is 22.1. The number of anilines is 1. The van der Waals surface area contributed by atoms with E-state index in [0.29, 0.717) is 5.95 Å². The van der Waals surface area contributed by atoms with E-state index in [1.54, 1.807) is 7.11 Å². The lowest BCUT2D eigenvalue weighted by molar-refractivity contribution is -0.129. The van der Waals surface area contributed by atoms with Crippen LogP contribution in [-0.2, 0) is 4.79 Å². The van der Waals surface area contributed by atoms with E-state index in [9.17, 15) is 4.79 Å². The number of benzene rings is 2. The van der Waals surface area contributed by atoms with Crippen LogP contribution in [-0.4, -0.2) is 29.3 Å². The van der Waals surface area contributed by atoms with Gasteiger partial charge in [0.15, 0.2) is 6.29 Å². The van der Waals surface area contributed by atoms with Crippen LogP contribution in [0.15, 0.2) is 48.5 Å². The largest absolute Gasteiger partial charge is 0.497 e. The number of aryl methyl sites for hydroxylation is 1. The van der Waals surface area contributed by atoms with Crippen molar-refractivity contribution in [3.8, 4) is 5.75 Å². The van der Waals surface area contributed by atoms with Crippen molar-refractivity contribution >= 4 is 22.8 Å². The molecule has 2 aromatic carbocycles. The van der Waals surface area contributed by atoms with Gasteiger partial charge in [-0.1, -0.05) is 43.7 Å². The number of hydrogen-bond acceptors (Lipinski definition) is 6. The monoisotopic (exact) mass is 405 g/mol. The van der Waals surface area contributed by atoms with Crippen molar-refractivity contribution in [3.05, 3.63) is 59.8 Å². The van der Waals surface area contributed by atoms with Gasteiger partial charge < -0.3 is 15.4 Å². The molecule has 0 spiro atoms. The maximum absolute atomic E-state index is 12.9. The molecular weight excluding hydrogens is 378 g/mol. The second kappa shape index (κ2) is 8.67. The molecule has 3 unspecified atom stereocenters.